The van der Waals surface area contributed by atoms with Gasteiger partial charge in [-0.1, -0.05) is 27.7 Å². The summed E-state index contributed by atoms with van der Waals surface area (Å²) in [7, 11) is 5.41. The van der Waals surface area contributed by atoms with E-state index in [1.165, 1.54) is 0 Å². The Morgan fingerprint density at radius 3 is 2.30 bits per heavy atom. The molecule has 2 aliphatic rings. The van der Waals surface area contributed by atoms with E-state index in [1.54, 1.807) is 27.9 Å². The number of aliphatic hydroxyl groups excluding tert-OH is 2. The molecular formula is C30H58N2O8. The number of likely N-dealkylation sites (N-methyl/N-ethyl adjacent to an activating group) is 1. The maximum atomic E-state index is 13.9. The summed E-state index contributed by atoms with van der Waals surface area (Å²) in [6, 6.07) is -0.322. The number of carbonyl (C=O) groups is 2. The molecule has 0 radical (unpaired) electrons. The van der Waals surface area contributed by atoms with Crippen molar-refractivity contribution in [3.8, 4) is 0 Å². The van der Waals surface area contributed by atoms with E-state index in [0.717, 1.165) is 0 Å². The summed E-state index contributed by atoms with van der Waals surface area (Å²) in [4.78, 5) is 29.0. The minimum atomic E-state index is -1.43. The van der Waals surface area contributed by atoms with E-state index in [-0.39, 0.29) is 43.1 Å². The minimum absolute atomic E-state index is 0.0479. The van der Waals surface area contributed by atoms with Crippen molar-refractivity contribution in [1.82, 2.24) is 10.2 Å². The van der Waals surface area contributed by atoms with E-state index < -0.39 is 41.4 Å². The lowest BCUT2D eigenvalue weighted by Crippen LogP contribution is -2.59. The van der Waals surface area contributed by atoms with E-state index in [4.69, 9.17) is 18.9 Å². The van der Waals surface area contributed by atoms with Crippen molar-refractivity contribution < 1.29 is 38.7 Å². The average Bonchev–Trinajstić information content (AvgIpc) is 2.92. The number of esters is 1. The second kappa shape index (κ2) is 16.5. The summed E-state index contributed by atoms with van der Waals surface area (Å²) >= 11 is 0. The number of hydrogen-bond acceptors (Lipinski definition) is 10. The van der Waals surface area contributed by atoms with Gasteiger partial charge in [0.15, 0.2) is 12.1 Å². The molecule has 0 aromatic rings. The van der Waals surface area contributed by atoms with Crippen molar-refractivity contribution in [1.29, 1.82) is 0 Å². The number of ketones is 1. The van der Waals surface area contributed by atoms with Gasteiger partial charge in [-0.25, -0.2) is 0 Å². The van der Waals surface area contributed by atoms with Gasteiger partial charge in [0.05, 0.1) is 17.8 Å². The topological polar surface area (TPSA) is 127 Å². The van der Waals surface area contributed by atoms with Crippen LogP contribution >= 0.6 is 0 Å². The summed E-state index contributed by atoms with van der Waals surface area (Å²) in [6.45, 7) is 15.6. The lowest BCUT2D eigenvalue weighted by Gasteiger charge is -2.47. The van der Waals surface area contributed by atoms with Gasteiger partial charge < -0.3 is 39.4 Å². The number of nitrogens with zero attached hydrogens (tertiary/aromatic N) is 1. The summed E-state index contributed by atoms with van der Waals surface area (Å²) < 4.78 is 24.3. The summed E-state index contributed by atoms with van der Waals surface area (Å²) in [6.07, 6.45) is -0.462. The van der Waals surface area contributed by atoms with Crippen LogP contribution in [0, 0.1) is 17.3 Å². The predicted molar refractivity (Wildman–Crippen MR) is 155 cm³/mol. The molecule has 2 fully saturated rings. The third-order valence-corrected chi connectivity index (χ3v) is 8.25. The first-order valence-electron chi connectivity index (χ1n) is 14.9. The van der Waals surface area contributed by atoms with E-state index in [0.29, 0.717) is 32.2 Å². The number of Topliss-reactive ketones (excluding diaryl/α,β-unsaturated/α-hetero) is 1. The highest BCUT2D eigenvalue weighted by Crippen LogP contribution is 2.38. The van der Waals surface area contributed by atoms with E-state index in [2.05, 4.69) is 12.2 Å². The van der Waals surface area contributed by atoms with Crippen LogP contribution in [0.25, 0.3) is 0 Å². The molecule has 0 aromatic heterocycles. The summed E-state index contributed by atoms with van der Waals surface area (Å²) in [5.74, 6) is -1.59. The smallest absolute Gasteiger partial charge is 0.319 e. The lowest BCUT2D eigenvalue weighted by molar-refractivity contribution is -0.295. The summed E-state index contributed by atoms with van der Waals surface area (Å²) in [5.41, 5.74) is -2.36. The third kappa shape index (κ3) is 9.44. The van der Waals surface area contributed by atoms with Crippen LogP contribution in [0.2, 0.25) is 0 Å². The van der Waals surface area contributed by atoms with Crippen molar-refractivity contribution in [2.45, 2.75) is 123 Å². The second-order valence-corrected chi connectivity index (χ2v) is 12.3. The van der Waals surface area contributed by atoms with Gasteiger partial charge in [-0.3, -0.25) is 9.59 Å². The number of carbonyl (C=O) groups excluding carboxylic acids is 2. The minimum Gasteiger partial charge on any atom is -0.463 e. The fraction of sp³-hybridized carbons (Fsp3) is 0.933. The third-order valence-electron chi connectivity index (χ3n) is 8.25. The monoisotopic (exact) mass is 574 g/mol. The number of nitrogens with one attached hydrogen (secondary N) is 1. The zero-order valence-corrected chi connectivity index (χ0v) is 26.9. The fourth-order valence-corrected chi connectivity index (χ4v) is 5.78. The van der Waals surface area contributed by atoms with E-state index in [9.17, 15) is 19.8 Å². The maximum absolute atomic E-state index is 13.9. The molecule has 40 heavy (non-hydrogen) atoms. The Bertz CT molecular complexity index is 779. The second-order valence-electron chi connectivity index (χ2n) is 12.3. The molecular weight excluding hydrogens is 516 g/mol. The number of cyclic esters (lactones) is 1. The Labute approximate surface area is 242 Å². The first kappa shape index (κ1) is 36.9. The van der Waals surface area contributed by atoms with Crippen molar-refractivity contribution >= 4 is 11.8 Å². The lowest BCUT2D eigenvalue weighted by atomic mass is 9.74. The first-order chi connectivity index (χ1) is 18.7. The maximum Gasteiger partial charge on any atom is 0.319 e. The van der Waals surface area contributed by atoms with Gasteiger partial charge in [-0.2, -0.15) is 0 Å². The average molecular weight is 575 g/mol. The van der Waals surface area contributed by atoms with Gasteiger partial charge in [0.1, 0.15) is 18.1 Å². The molecule has 0 saturated carbocycles. The highest BCUT2D eigenvalue weighted by molar-refractivity contribution is 6.04. The van der Waals surface area contributed by atoms with Gasteiger partial charge >= 0.3 is 5.97 Å². The Morgan fingerprint density at radius 2 is 1.75 bits per heavy atom. The highest BCUT2D eigenvalue weighted by Gasteiger charge is 2.51. The molecule has 2 heterocycles. The Balaban J connectivity index is 0.00000391. The SMILES string of the molecule is CC.CO[C@]1(C)C[C@@H](C)CN[C@@H](CCCO)COC(=O)C(C)(C)C(=O)[C@H](C)[C@H]1OC1OC(C)CC(N(C)C)[C@H]1O. The zero-order chi connectivity index (χ0) is 30.8. The molecule has 3 N–H and O–H groups in total. The number of rotatable bonds is 7. The van der Waals surface area contributed by atoms with Crippen LogP contribution in [0.15, 0.2) is 0 Å². The zero-order valence-electron chi connectivity index (χ0n) is 26.9. The summed E-state index contributed by atoms with van der Waals surface area (Å²) in [5, 5.41) is 23.9. The fourth-order valence-electron chi connectivity index (χ4n) is 5.78. The van der Waals surface area contributed by atoms with Crippen LogP contribution in [-0.4, -0.2) is 110 Å². The molecule has 0 bridgehead atoms. The number of hydrogen-bond donors (Lipinski definition) is 3. The molecule has 0 amide bonds. The Hall–Kier alpha value is -1.14. The number of aliphatic hydroxyl groups is 2. The standard InChI is InChI=1S/C28H52N2O8.C2H6/c1-17-14-28(6,35-9)24(38-25-22(32)21(30(7)8)13-18(2)37-25)19(3)23(33)27(4,5)26(34)36-16-20(29-15-17)11-10-12-31;1-2/h17-22,24-25,29,31-32H,10-16H2,1-9H3;1-2H3/t17-,18?,19+,20+,21?,22-,24-,25?,28-;/m1./s1. The van der Waals surface area contributed by atoms with E-state index >= 15 is 0 Å². The van der Waals surface area contributed by atoms with E-state index in [1.807, 2.05) is 46.7 Å². The van der Waals surface area contributed by atoms with Gasteiger partial charge in [0.2, 0.25) is 0 Å². The molecule has 2 rings (SSSR count). The predicted octanol–water partition coefficient (Wildman–Crippen LogP) is 2.77. The quantitative estimate of drug-likeness (QED) is 0.309. The molecule has 2 saturated heterocycles. The Morgan fingerprint density at radius 1 is 1.12 bits per heavy atom. The van der Waals surface area contributed by atoms with Crippen molar-refractivity contribution in [2.24, 2.45) is 17.3 Å². The van der Waals surface area contributed by atoms with Crippen molar-refractivity contribution in [3.63, 3.8) is 0 Å². The van der Waals surface area contributed by atoms with Crippen molar-refractivity contribution in [2.75, 3.05) is 41.0 Å². The van der Waals surface area contributed by atoms with Gasteiger partial charge in [0, 0.05) is 31.7 Å². The molecule has 0 aromatic carbocycles. The van der Waals surface area contributed by atoms with Crippen molar-refractivity contribution in [3.05, 3.63) is 0 Å². The molecule has 236 valence electrons. The molecule has 9 atom stereocenters. The van der Waals surface area contributed by atoms with Crippen LogP contribution in [0.1, 0.15) is 81.1 Å². The van der Waals surface area contributed by atoms with Gasteiger partial charge in [-0.05, 0) is 79.9 Å². The van der Waals surface area contributed by atoms with Gasteiger partial charge in [0.25, 0.3) is 0 Å². The molecule has 0 aliphatic carbocycles. The van der Waals surface area contributed by atoms with Crippen LogP contribution in [-0.2, 0) is 28.5 Å². The molecule has 10 nitrogen and oxygen atoms in total. The van der Waals surface area contributed by atoms with Crippen LogP contribution in [0.5, 0.6) is 0 Å². The highest BCUT2D eigenvalue weighted by atomic mass is 16.7. The normalized spacial score (nSPS) is 37.9. The van der Waals surface area contributed by atoms with Gasteiger partial charge in [-0.15, -0.1) is 0 Å². The number of methoxy groups -OCH3 is 1. The molecule has 10 heteroatoms. The number of ether oxygens (including phenoxy) is 4. The molecule has 2 aliphatic heterocycles. The first-order valence-corrected chi connectivity index (χ1v) is 14.9. The van der Waals surface area contributed by atoms with Crippen LogP contribution < -0.4 is 5.32 Å². The molecule has 0 spiro atoms. The molecule has 3 unspecified atom stereocenters. The largest absolute Gasteiger partial charge is 0.463 e. The van der Waals surface area contributed by atoms with Crippen LogP contribution in [0.3, 0.4) is 0 Å². The van der Waals surface area contributed by atoms with Crippen LogP contribution in [0.4, 0.5) is 0 Å². The Kier molecular flexibility index (Phi) is 15.2.